The molecule has 0 aliphatic heterocycles. The molecule has 0 aliphatic rings. The summed E-state index contributed by atoms with van der Waals surface area (Å²) in [5, 5.41) is 5.62. The average molecular weight is 542 g/mol. The molecule has 0 saturated heterocycles. The minimum atomic E-state index is -4.04. The van der Waals surface area contributed by atoms with Crippen LogP contribution in [0.15, 0.2) is 78.0 Å². The predicted molar refractivity (Wildman–Crippen MR) is 141 cm³/mol. The van der Waals surface area contributed by atoms with E-state index in [0.717, 1.165) is 0 Å². The van der Waals surface area contributed by atoms with Gasteiger partial charge in [0.1, 0.15) is 24.0 Å². The molecule has 0 aliphatic carbocycles. The molecule has 3 N–H and O–H groups in total. The summed E-state index contributed by atoms with van der Waals surface area (Å²) in [5.41, 5.74) is -0.543. The van der Waals surface area contributed by atoms with Crippen LogP contribution in [0.1, 0.15) is 31.1 Å². The Morgan fingerprint density at radius 2 is 1.61 bits per heavy atom. The lowest BCUT2D eigenvalue weighted by Crippen LogP contribution is -2.50. The molecule has 38 heavy (non-hydrogen) atoms. The molecule has 3 aromatic rings. The summed E-state index contributed by atoms with van der Waals surface area (Å²) in [6, 6.07) is 14.4. The van der Waals surface area contributed by atoms with Crippen molar-refractivity contribution in [3.63, 3.8) is 0 Å². The number of sulfonamides is 1. The Kier molecular flexibility index (Phi) is 9.74. The van der Waals surface area contributed by atoms with Gasteiger partial charge in [0.15, 0.2) is 0 Å². The summed E-state index contributed by atoms with van der Waals surface area (Å²) in [5.74, 6) is -0.249. The van der Waals surface area contributed by atoms with Crippen LogP contribution >= 0.6 is 0 Å². The molecular formula is C26H31N5O6S. The zero-order chi connectivity index (χ0) is 27.6. The van der Waals surface area contributed by atoms with Crippen LogP contribution in [0.5, 0.6) is 5.75 Å². The standard InChI is InChI=1S/C26H31N5O6S/c1-26(2,3)37-24(33)22(31-38(34,35)21-8-5-4-6-9-21)18-30-23(32)19-10-12-20(13-11-19)36-17-16-29-25-27-14-7-15-28-25/h4-15,22,31H,16-18H2,1-3H3,(H,30,32)(H,27,28,29)/t22-/m0/s1. The molecule has 0 bridgehead atoms. The Labute approximate surface area is 222 Å². The number of anilines is 1. The number of rotatable bonds is 12. The molecule has 0 unspecified atom stereocenters. The minimum Gasteiger partial charge on any atom is -0.492 e. The van der Waals surface area contributed by atoms with Gasteiger partial charge in [-0.3, -0.25) is 9.59 Å². The lowest BCUT2D eigenvalue weighted by atomic mass is 10.2. The smallest absolute Gasteiger partial charge is 0.326 e. The van der Waals surface area contributed by atoms with Gasteiger partial charge >= 0.3 is 5.97 Å². The van der Waals surface area contributed by atoms with Crippen molar-refractivity contribution in [2.75, 3.05) is 25.0 Å². The van der Waals surface area contributed by atoms with Gasteiger partial charge < -0.3 is 20.1 Å². The number of carbonyl (C=O) groups is 2. The fourth-order valence-electron chi connectivity index (χ4n) is 3.12. The Morgan fingerprint density at radius 3 is 2.24 bits per heavy atom. The van der Waals surface area contributed by atoms with Crippen LogP contribution in [0.25, 0.3) is 0 Å². The quantitative estimate of drug-likeness (QED) is 0.232. The summed E-state index contributed by atoms with van der Waals surface area (Å²) in [6.45, 7) is 5.52. The van der Waals surface area contributed by atoms with Crippen LogP contribution in [0.4, 0.5) is 5.95 Å². The van der Waals surface area contributed by atoms with E-state index in [-0.39, 0.29) is 11.4 Å². The Morgan fingerprint density at radius 1 is 0.947 bits per heavy atom. The number of carbonyl (C=O) groups excluding carboxylic acids is 2. The lowest BCUT2D eigenvalue weighted by Gasteiger charge is -2.24. The van der Waals surface area contributed by atoms with Crippen molar-refractivity contribution in [1.29, 1.82) is 0 Å². The largest absolute Gasteiger partial charge is 0.492 e. The van der Waals surface area contributed by atoms with Crippen LogP contribution in [-0.2, 0) is 19.6 Å². The molecule has 0 radical (unpaired) electrons. The van der Waals surface area contributed by atoms with Gasteiger partial charge in [-0.15, -0.1) is 0 Å². The number of ether oxygens (including phenoxy) is 2. The second-order valence-corrected chi connectivity index (χ2v) is 10.8. The number of aromatic nitrogens is 2. The van der Waals surface area contributed by atoms with Crippen molar-refractivity contribution in [3.8, 4) is 5.75 Å². The fraction of sp³-hybridized carbons (Fsp3) is 0.308. The summed E-state index contributed by atoms with van der Waals surface area (Å²) in [4.78, 5) is 33.6. The van der Waals surface area contributed by atoms with Crippen molar-refractivity contribution in [3.05, 3.63) is 78.6 Å². The highest BCUT2D eigenvalue weighted by Gasteiger charge is 2.30. The van der Waals surface area contributed by atoms with Crippen LogP contribution in [-0.4, -0.2) is 61.6 Å². The number of esters is 1. The summed E-state index contributed by atoms with van der Waals surface area (Å²) >= 11 is 0. The molecule has 1 atom stereocenters. The molecule has 3 rings (SSSR count). The topological polar surface area (TPSA) is 149 Å². The number of hydrogen-bond acceptors (Lipinski definition) is 9. The Balaban J connectivity index is 1.57. The SMILES string of the molecule is CC(C)(C)OC(=O)[C@H](CNC(=O)c1ccc(OCCNc2ncccn2)cc1)NS(=O)(=O)c1ccccc1. The van der Waals surface area contributed by atoms with Gasteiger partial charge in [0.05, 0.1) is 11.4 Å². The van der Waals surface area contributed by atoms with E-state index >= 15 is 0 Å². The maximum absolute atomic E-state index is 12.8. The molecule has 0 fully saturated rings. The van der Waals surface area contributed by atoms with Crippen molar-refractivity contribution in [2.24, 2.45) is 0 Å². The molecule has 202 valence electrons. The van der Waals surface area contributed by atoms with E-state index in [9.17, 15) is 18.0 Å². The highest BCUT2D eigenvalue weighted by Crippen LogP contribution is 2.14. The number of nitrogens with zero attached hydrogens (tertiary/aromatic N) is 2. The van der Waals surface area contributed by atoms with Gasteiger partial charge in [-0.25, -0.2) is 18.4 Å². The van der Waals surface area contributed by atoms with E-state index in [2.05, 4.69) is 25.3 Å². The second-order valence-electron chi connectivity index (χ2n) is 9.10. The van der Waals surface area contributed by atoms with Crippen LogP contribution in [0.2, 0.25) is 0 Å². The van der Waals surface area contributed by atoms with E-state index in [0.29, 0.717) is 30.4 Å². The summed E-state index contributed by atoms with van der Waals surface area (Å²) in [7, 11) is -4.04. The first-order chi connectivity index (χ1) is 18.0. The average Bonchev–Trinajstić information content (AvgIpc) is 2.89. The first-order valence-electron chi connectivity index (χ1n) is 11.9. The normalized spacial score (nSPS) is 12.3. The van der Waals surface area contributed by atoms with E-state index in [1.165, 1.54) is 12.1 Å². The van der Waals surface area contributed by atoms with E-state index in [4.69, 9.17) is 9.47 Å². The van der Waals surface area contributed by atoms with Gasteiger partial charge in [-0.1, -0.05) is 18.2 Å². The number of benzene rings is 2. The first kappa shape index (κ1) is 28.5. The molecule has 1 aromatic heterocycles. The molecule has 12 heteroatoms. The summed E-state index contributed by atoms with van der Waals surface area (Å²) < 4.78 is 38.9. The number of nitrogens with one attached hydrogen (secondary N) is 3. The van der Waals surface area contributed by atoms with E-state index in [1.54, 1.807) is 81.7 Å². The maximum atomic E-state index is 12.8. The molecule has 1 amide bonds. The van der Waals surface area contributed by atoms with Gasteiger partial charge in [0.25, 0.3) is 5.91 Å². The lowest BCUT2D eigenvalue weighted by molar-refractivity contribution is -0.156. The highest BCUT2D eigenvalue weighted by atomic mass is 32.2. The zero-order valence-electron chi connectivity index (χ0n) is 21.4. The van der Waals surface area contributed by atoms with Gasteiger partial charge in [-0.2, -0.15) is 4.72 Å². The molecule has 2 aromatic carbocycles. The van der Waals surface area contributed by atoms with Crippen LogP contribution in [0, 0.1) is 0 Å². The monoisotopic (exact) mass is 541 g/mol. The predicted octanol–water partition coefficient (Wildman–Crippen LogP) is 2.39. The Bertz CT molecular complexity index is 1300. The third-order valence-corrected chi connectivity index (χ3v) is 6.33. The second kappa shape index (κ2) is 13.0. The van der Waals surface area contributed by atoms with Gasteiger partial charge in [0.2, 0.25) is 16.0 Å². The van der Waals surface area contributed by atoms with Crippen molar-refractivity contribution < 1.29 is 27.5 Å². The van der Waals surface area contributed by atoms with Gasteiger partial charge in [-0.05, 0) is 63.2 Å². The van der Waals surface area contributed by atoms with Crippen LogP contribution in [0.3, 0.4) is 0 Å². The zero-order valence-corrected chi connectivity index (χ0v) is 22.2. The number of hydrogen-bond donors (Lipinski definition) is 3. The molecule has 1 heterocycles. The van der Waals surface area contributed by atoms with Crippen LogP contribution < -0.4 is 20.1 Å². The molecule has 0 saturated carbocycles. The van der Waals surface area contributed by atoms with Crippen molar-refractivity contribution in [1.82, 2.24) is 20.0 Å². The fourth-order valence-corrected chi connectivity index (χ4v) is 4.33. The Hall–Kier alpha value is -4.03. The number of amides is 1. The molecular weight excluding hydrogens is 510 g/mol. The summed E-state index contributed by atoms with van der Waals surface area (Å²) in [6.07, 6.45) is 3.27. The van der Waals surface area contributed by atoms with Gasteiger partial charge in [0, 0.05) is 24.5 Å². The minimum absolute atomic E-state index is 0.0121. The first-order valence-corrected chi connectivity index (χ1v) is 13.3. The van der Waals surface area contributed by atoms with E-state index < -0.39 is 33.5 Å². The third-order valence-electron chi connectivity index (χ3n) is 4.85. The highest BCUT2D eigenvalue weighted by molar-refractivity contribution is 7.89. The maximum Gasteiger partial charge on any atom is 0.326 e. The van der Waals surface area contributed by atoms with Crippen molar-refractivity contribution >= 4 is 27.8 Å². The van der Waals surface area contributed by atoms with E-state index in [1.807, 2.05) is 0 Å². The third kappa shape index (κ3) is 9.12. The molecule has 11 nitrogen and oxygen atoms in total. The van der Waals surface area contributed by atoms with Crippen molar-refractivity contribution in [2.45, 2.75) is 37.3 Å². The molecule has 0 spiro atoms.